The molecule has 3 aromatic rings. The molecule has 0 aliphatic rings. The standard InChI is InChI=1S/C16H15NS/c1-2-9-16-13(5-1)6-3-7-14(16)11-17-12-15-8-4-10-18-15/h1-10,17H,11-12H2. The Kier molecular flexibility index (Phi) is 3.40. The lowest BCUT2D eigenvalue weighted by molar-refractivity contribution is 0.704. The fourth-order valence-corrected chi connectivity index (χ4v) is 2.85. The Bertz CT molecular complexity index is 623. The van der Waals surface area contributed by atoms with Crippen LogP contribution in [0.2, 0.25) is 0 Å². The van der Waals surface area contributed by atoms with Gasteiger partial charge in [0.25, 0.3) is 0 Å². The molecule has 0 radical (unpaired) electrons. The Labute approximate surface area is 111 Å². The summed E-state index contributed by atoms with van der Waals surface area (Å²) in [7, 11) is 0. The van der Waals surface area contributed by atoms with E-state index in [1.165, 1.54) is 21.2 Å². The first-order valence-corrected chi connectivity index (χ1v) is 7.01. The van der Waals surface area contributed by atoms with E-state index in [1.807, 2.05) is 0 Å². The molecule has 0 amide bonds. The maximum absolute atomic E-state index is 3.51. The molecule has 0 unspecified atom stereocenters. The van der Waals surface area contributed by atoms with E-state index in [1.54, 1.807) is 11.3 Å². The fourth-order valence-electron chi connectivity index (χ4n) is 2.18. The van der Waals surface area contributed by atoms with Gasteiger partial charge in [-0.25, -0.2) is 0 Å². The Morgan fingerprint density at radius 3 is 2.61 bits per heavy atom. The maximum Gasteiger partial charge on any atom is 0.0302 e. The summed E-state index contributed by atoms with van der Waals surface area (Å²) in [4.78, 5) is 1.38. The van der Waals surface area contributed by atoms with Gasteiger partial charge in [0.05, 0.1) is 0 Å². The molecule has 0 spiro atoms. The lowest BCUT2D eigenvalue weighted by atomic mass is 10.0. The second-order valence-corrected chi connectivity index (χ2v) is 5.35. The summed E-state index contributed by atoms with van der Waals surface area (Å²) in [5.41, 5.74) is 1.37. The molecule has 90 valence electrons. The Balaban J connectivity index is 1.74. The molecule has 0 saturated carbocycles. The van der Waals surface area contributed by atoms with E-state index in [0.29, 0.717) is 0 Å². The van der Waals surface area contributed by atoms with Crippen LogP contribution in [0.4, 0.5) is 0 Å². The molecule has 0 aliphatic heterocycles. The predicted molar refractivity (Wildman–Crippen MR) is 78.8 cm³/mol. The highest BCUT2D eigenvalue weighted by Gasteiger charge is 2.00. The normalized spacial score (nSPS) is 10.9. The van der Waals surface area contributed by atoms with E-state index in [9.17, 15) is 0 Å². The van der Waals surface area contributed by atoms with Crippen LogP contribution in [0.3, 0.4) is 0 Å². The molecule has 2 heteroatoms. The minimum absolute atomic E-state index is 0.916. The van der Waals surface area contributed by atoms with Gasteiger partial charge in [0, 0.05) is 18.0 Å². The first kappa shape index (κ1) is 11.5. The van der Waals surface area contributed by atoms with E-state index in [2.05, 4.69) is 65.3 Å². The van der Waals surface area contributed by atoms with Gasteiger partial charge in [0.2, 0.25) is 0 Å². The second-order valence-electron chi connectivity index (χ2n) is 4.32. The first-order chi connectivity index (χ1) is 8.93. The van der Waals surface area contributed by atoms with Crippen LogP contribution in [-0.2, 0) is 13.1 Å². The Morgan fingerprint density at radius 1 is 0.833 bits per heavy atom. The zero-order chi connectivity index (χ0) is 12.2. The molecule has 0 bridgehead atoms. The second kappa shape index (κ2) is 5.34. The summed E-state index contributed by atoms with van der Waals surface area (Å²) in [6, 6.07) is 19.3. The number of hydrogen-bond donors (Lipinski definition) is 1. The lowest BCUT2D eigenvalue weighted by Crippen LogP contribution is -2.11. The molecule has 1 N–H and O–H groups in total. The van der Waals surface area contributed by atoms with Crippen molar-refractivity contribution in [1.29, 1.82) is 0 Å². The number of fused-ring (bicyclic) bond motifs is 1. The van der Waals surface area contributed by atoms with Crippen molar-refractivity contribution in [3.63, 3.8) is 0 Å². The van der Waals surface area contributed by atoms with E-state index in [4.69, 9.17) is 0 Å². The quantitative estimate of drug-likeness (QED) is 0.735. The summed E-state index contributed by atoms with van der Waals surface area (Å²) >= 11 is 1.80. The van der Waals surface area contributed by atoms with Crippen LogP contribution in [-0.4, -0.2) is 0 Å². The van der Waals surface area contributed by atoms with E-state index >= 15 is 0 Å². The van der Waals surface area contributed by atoms with Gasteiger partial charge < -0.3 is 5.32 Å². The SMILES string of the molecule is c1csc(CNCc2cccc3ccccc23)c1. The molecule has 0 saturated heterocycles. The summed E-state index contributed by atoms with van der Waals surface area (Å²) in [5, 5.41) is 8.29. The van der Waals surface area contributed by atoms with Gasteiger partial charge in [-0.1, -0.05) is 48.5 Å². The lowest BCUT2D eigenvalue weighted by Gasteiger charge is -2.07. The Hall–Kier alpha value is -1.64. The maximum atomic E-state index is 3.51. The van der Waals surface area contributed by atoms with Crippen molar-refractivity contribution in [3.05, 3.63) is 70.4 Å². The third-order valence-corrected chi connectivity index (χ3v) is 3.95. The van der Waals surface area contributed by atoms with Crippen molar-refractivity contribution < 1.29 is 0 Å². The van der Waals surface area contributed by atoms with Crippen molar-refractivity contribution in [2.45, 2.75) is 13.1 Å². The zero-order valence-electron chi connectivity index (χ0n) is 10.1. The number of thiophene rings is 1. The van der Waals surface area contributed by atoms with Gasteiger partial charge in [-0.2, -0.15) is 0 Å². The van der Waals surface area contributed by atoms with Crippen molar-refractivity contribution in [2.24, 2.45) is 0 Å². The van der Waals surface area contributed by atoms with Gasteiger partial charge in [0.1, 0.15) is 0 Å². The van der Waals surface area contributed by atoms with Crippen LogP contribution < -0.4 is 5.32 Å². The molecule has 3 rings (SSSR count). The zero-order valence-corrected chi connectivity index (χ0v) is 10.9. The average Bonchev–Trinajstić information content (AvgIpc) is 2.92. The molecule has 1 nitrogen and oxygen atoms in total. The highest BCUT2D eigenvalue weighted by molar-refractivity contribution is 7.09. The molecule has 18 heavy (non-hydrogen) atoms. The third-order valence-electron chi connectivity index (χ3n) is 3.07. The van der Waals surface area contributed by atoms with Crippen LogP contribution >= 0.6 is 11.3 Å². The molecular formula is C16H15NS. The average molecular weight is 253 g/mol. The van der Waals surface area contributed by atoms with Gasteiger partial charge >= 0.3 is 0 Å². The molecular weight excluding hydrogens is 238 g/mol. The van der Waals surface area contributed by atoms with Crippen LogP contribution in [0.25, 0.3) is 10.8 Å². The van der Waals surface area contributed by atoms with Crippen molar-refractivity contribution in [1.82, 2.24) is 5.32 Å². The topological polar surface area (TPSA) is 12.0 Å². The monoisotopic (exact) mass is 253 g/mol. The minimum Gasteiger partial charge on any atom is -0.308 e. The number of rotatable bonds is 4. The minimum atomic E-state index is 0.916. The first-order valence-electron chi connectivity index (χ1n) is 6.13. The van der Waals surface area contributed by atoms with E-state index in [-0.39, 0.29) is 0 Å². The number of hydrogen-bond acceptors (Lipinski definition) is 2. The summed E-state index contributed by atoms with van der Waals surface area (Å²) in [6.45, 7) is 1.86. The molecule has 0 atom stereocenters. The molecule has 1 heterocycles. The Morgan fingerprint density at radius 2 is 1.72 bits per heavy atom. The summed E-state index contributed by atoms with van der Waals surface area (Å²) < 4.78 is 0. The van der Waals surface area contributed by atoms with Crippen LogP contribution in [0.15, 0.2) is 60.0 Å². The number of nitrogens with one attached hydrogen (secondary N) is 1. The molecule has 0 fully saturated rings. The van der Waals surface area contributed by atoms with Crippen molar-refractivity contribution >= 4 is 22.1 Å². The summed E-state index contributed by atoms with van der Waals surface area (Å²) in [5.74, 6) is 0. The van der Waals surface area contributed by atoms with Gasteiger partial charge in [-0.15, -0.1) is 11.3 Å². The van der Waals surface area contributed by atoms with Crippen LogP contribution in [0.5, 0.6) is 0 Å². The van der Waals surface area contributed by atoms with Crippen LogP contribution in [0.1, 0.15) is 10.4 Å². The third kappa shape index (κ3) is 2.45. The largest absolute Gasteiger partial charge is 0.308 e. The fraction of sp³-hybridized carbons (Fsp3) is 0.125. The van der Waals surface area contributed by atoms with Crippen LogP contribution in [0, 0.1) is 0 Å². The smallest absolute Gasteiger partial charge is 0.0302 e. The highest BCUT2D eigenvalue weighted by atomic mass is 32.1. The molecule has 0 aliphatic carbocycles. The van der Waals surface area contributed by atoms with Crippen molar-refractivity contribution in [3.8, 4) is 0 Å². The van der Waals surface area contributed by atoms with Gasteiger partial charge in [-0.05, 0) is 27.8 Å². The van der Waals surface area contributed by atoms with E-state index in [0.717, 1.165) is 13.1 Å². The summed E-state index contributed by atoms with van der Waals surface area (Å²) in [6.07, 6.45) is 0. The molecule has 1 aromatic heterocycles. The van der Waals surface area contributed by atoms with Gasteiger partial charge in [-0.3, -0.25) is 0 Å². The highest BCUT2D eigenvalue weighted by Crippen LogP contribution is 2.18. The predicted octanol–water partition coefficient (Wildman–Crippen LogP) is 4.19. The van der Waals surface area contributed by atoms with Crippen molar-refractivity contribution in [2.75, 3.05) is 0 Å². The van der Waals surface area contributed by atoms with E-state index < -0.39 is 0 Å². The number of benzene rings is 2. The van der Waals surface area contributed by atoms with Gasteiger partial charge in [0.15, 0.2) is 0 Å². The molecule has 2 aromatic carbocycles.